The Bertz CT molecular complexity index is 1320. The van der Waals surface area contributed by atoms with Gasteiger partial charge in [0.1, 0.15) is 0 Å². The van der Waals surface area contributed by atoms with Crippen LogP contribution in [0.3, 0.4) is 0 Å². The predicted molar refractivity (Wildman–Crippen MR) is 149 cm³/mol. The average Bonchev–Trinajstić information content (AvgIpc) is 3.66. The van der Waals surface area contributed by atoms with Crippen LogP contribution in [0.15, 0.2) is 72.8 Å². The second kappa shape index (κ2) is 11.9. The van der Waals surface area contributed by atoms with E-state index < -0.39 is 0 Å². The number of anilines is 2. The molecule has 7 nitrogen and oxygen atoms in total. The first-order chi connectivity index (χ1) is 18.6. The fraction of sp³-hybridized carbons (Fsp3) is 0.323. The first-order valence-electron chi connectivity index (χ1n) is 13.4. The SMILES string of the molecule is N#Cc1cccc(NC(=O)N2CCC[C@@H]2c2cccc(C(=O)Nc3ccc(CCN4CCCC4)cc3)c2)c1. The Hall–Kier alpha value is -4.15. The summed E-state index contributed by atoms with van der Waals surface area (Å²) in [6.45, 7) is 4.12. The third kappa shape index (κ3) is 6.21. The van der Waals surface area contributed by atoms with Crippen molar-refractivity contribution in [2.24, 2.45) is 0 Å². The molecule has 194 valence electrons. The van der Waals surface area contributed by atoms with Crippen molar-refractivity contribution in [2.75, 3.05) is 36.8 Å². The standard InChI is InChI=1S/C31H33N5O2/c32-22-24-6-3-9-28(20-24)34-31(38)36-18-5-10-29(36)25-7-4-8-26(21-25)30(37)33-27-13-11-23(12-14-27)15-19-35-16-1-2-17-35/h3-4,6-9,11-14,20-21,29H,1-2,5,10,15-19H2,(H,33,37)(H,34,38)/t29-/m1/s1. The van der Waals surface area contributed by atoms with Gasteiger partial charge in [0.05, 0.1) is 17.7 Å². The summed E-state index contributed by atoms with van der Waals surface area (Å²) in [5, 5.41) is 15.0. The molecule has 0 radical (unpaired) electrons. The van der Waals surface area contributed by atoms with Crippen LogP contribution in [0.4, 0.5) is 16.2 Å². The van der Waals surface area contributed by atoms with Crippen LogP contribution in [-0.4, -0.2) is 47.9 Å². The number of hydrogen-bond donors (Lipinski definition) is 2. The fourth-order valence-electron chi connectivity index (χ4n) is 5.36. The van der Waals surface area contributed by atoms with Gasteiger partial charge >= 0.3 is 6.03 Å². The number of nitrogens with one attached hydrogen (secondary N) is 2. The van der Waals surface area contributed by atoms with Gasteiger partial charge in [0.15, 0.2) is 0 Å². The minimum absolute atomic E-state index is 0.114. The lowest BCUT2D eigenvalue weighted by Crippen LogP contribution is -2.34. The van der Waals surface area contributed by atoms with Crippen LogP contribution in [0.1, 0.15) is 58.8 Å². The number of amides is 3. The van der Waals surface area contributed by atoms with Crippen molar-refractivity contribution in [3.05, 3.63) is 95.1 Å². The number of carbonyl (C=O) groups is 2. The third-order valence-electron chi connectivity index (χ3n) is 7.42. The molecule has 38 heavy (non-hydrogen) atoms. The summed E-state index contributed by atoms with van der Waals surface area (Å²) in [6, 6.07) is 24.3. The van der Waals surface area contributed by atoms with E-state index in [0.717, 1.165) is 37.1 Å². The van der Waals surface area contributed by atoms with E-state index in [9.17, 15) is 9.59 Å². The maximum atomic E-state index is 13.1. The first-order valence-corrected chi connectivity index (χ1v) is 13.4. The van der Waals surface area contributed by atoms with Crippen molar-refractivity contribution in [2.45, 2.75) is 38.1 Å². The van der Waals surface area contributed by atoms with Crippen LogP contribution in [0, 0.1) is 11.3 Å². The zero-order chi connectivity index (χ0) is 26.3. The normalized spacial score (nSPS) is 17.2. The highest BCUT2D eigenvalue weighted by Crippen LogP contribution is 2.33. The van der Waals surface area contributed by atoms with Crippen molar-refractivity contribution in [1.29, 1.82) is 5.26 Å². The van der Waals surface area contributed by atoms with Crippen LogP contribution < -0.4 is 10.6 Å². The largest absolute Gasteiger partial charge is 0.322 e. The number of nitrogens with zero attached hydrogens (tertiary/aromatic N) is 3. The zero-order valence-electron chi connectivity index (χ0n) is 21.5. The molecule has 2 fully saturated rings. The molecule has 3 aromatic carbocycles. The first kappa shape index (κ1) is 25.5. The number of hydrogen-bond acceptors (Lipinski definition) is 4. The molecule has 0 unspecified atom stereocenters. The quantitative estimate of drug-likeness (QED) is 0.422. The van der Waals surface area contributed by atoms with Gasteiger partial charge < -0.3 is 20.4 Å². The average molecular weight is 508 g/mol. The summed E-state index contributed by atoms with van der Waals surface area (Å²) >= 11 is 0. The van der Waals surface area contributed by atoms with Crippen molar-refractivity contribution >= 4 is 23.3 Å². The maximum absolute atomic E-state index is 13.1. The number of rotatable bonds is 7. The second-order valence-corrected chi connectivity index (χ2v) is 10.0. The molecule has 3 amide bonds. The lowest BCUT2D eigenvalue weighted by atomic mass is 10.0. The van der Waals surface area contributed by atoms with Gasteiger partial charge in [0.25, 0.3) is 5.91 Å². The molecule has 2 aliphatic rings. The van der Waals surface area contributed by atoms with Gasteiger partial charge in [-0.15, -0.1) is 0 Å². The smallest absolute Gasteiger partial charge is 0.322 e. The maximum Gasteiger partial charge on any atom is 0.322 e. The Balaban J connectivity index is 1.21. The Labute approximate surface area is 224 Å². The van der Waals surface area contributed by atoms with Crippen LogP contribution in [0.2, 0.25) is 0 Å². The van der Waals surface area contributed by atoms with E-state index in [1.54, 1.807) is 35.2 Å². The minimum Gasteiger partial charge on any atom is -0.322 e. The molecule has 0 bridgehead atoms. The molecule has 0 aromatic heterocycles. The van der Waals surface area contributed by atoms with Gasteiger partial charge in [-0.1, -0.05) is 30.3 Å². The number of carbonyl (C=O) groups excluding carboxylic acids is 2. The Morgan fingerprint density at radius 1 is 0.868 bits per heavy atom. The molecule has 2 N–H and O–H groups in total. The van der Waals surface area contributed by atoms with Gasteiger partial charge in [-0.05, 0) is 98.8 Å². The van der Waals surface area contributed by atoms with Gasteiger partial charge in [-0.3, -0.25) is 4.79 Å². The summed E-state index contributed by atoms with van der Waals surface area (Å²) in [7, 11) is 0. The number of urea groups is 1. The van der Waals surface area contributed by atoms with Crippen molar-refractivity contribution in [3.63, 3.8) is 0 Å². The molecular weight excluding hydrogens is 474 g/mol. The number of benzene rings is 3. The van der Waals surface area contributed by atoms with Crippen molar-refractivity contribution < 1.29 is 9.59 Å². The third-order valence-corrected chi connectivity index (χ3v) is 7.42. The molecule has 2 heterocycles. The van der Waals surface area contributed by atoms with E-state index in [1.165, 1.54) is 31.5 Å². The highest BCUT2D eigenvalue weighted by molar-refractivity contribution is 6.04. The van der Waals surface area contributed by atoms with Gasteiger partial charge in [-0.25, -0.2) is 4.79 Å². The molecule has 0 aliphatic carbocycles. The van der Waals surface area contributed by atoms with E-state index in [2.05, 4.69) is 33.7 Å². The molecule has 3 aromatic rings. The molecule has 2 saturated heterocycles. The van der Waals surface area contributed by atoms with Gasteiger partial charge in [0, 0.05) is 30.0 Å². The Kier molecular flexibility index (Phi) is 8.01. The molecule has 0 saturated carbocycles. The fourth-order valence-corrected chi connectivity index (χ4v) is 5.36. The van der Waals surface area contributed by atoms with Crippen LogP contribution >= 0.6 is 0 Å². The van der Waals surface area contributed by atoms with E-state index in [0.29, 0.717) is 23.4 Å². The van der Waals surface area contributed by atoms with Gasteiger partial charge in [0.2, 0.25) is 0 Å². The predicted octanol–water partition coefficient (Wildman–Crippen LogP) is 5.82. The van der Waals surface area contributed by atoms with Crippen LogP contribution in [-0.2, 0) is 6.42 Å². The van der Waals surface area contributed by atoms with Gasteiger partial charge in [-0.2, -0.15) is 5.26 Å². The highest BCUT2D eigenvalue weighted by Gasteiger charge is 2.30. The van der Waals surface area contributed by atoms with E-state index in [-0.39, 0.29) is 18.0 Å². The lowest BCUT2D eigenvalue weighted by molar-refractivity contribution is 0.102. The molecular formula is C31H33N5O2. The second-order valence-electron chi connectivity index (χ2n) is 10.0. The van der Waals surface area contributed by atoms with E-state index in [1.807, 2.05) is 30.3 Å². The van der Waals surface area contributed by atoms with E-state index >= 15 is 0 Å². The molecule has 0 spiro atoms. The Morgan fingerprint density at radius 2 is 1.66 bits per heavy atom. The Morgan fingerprint density at radius 3 is 2.45 bits per heavy atom. The molecule has 1 atom stereocenters. The summed E-state index contributed by atoms with van der Waals surface area (Å²) in [6.07, 6.45) is 5.34. The minimum atomic E-state index is -0.206. The van der Waals surface area contributed by atoms with Crippen LogP contribution in [0.25, 0.3) is 0 Å². The number of nitriles is 1. The highest BCUT2D eigenvalue weighted by atomic mass is 16.2. The molecule has 5 rings (SSSR count). The topological polar surface area (TPSA) is 88.5 Å². The molecule has 7 heteroatoms. The molecule has 2 aliphatic heterocycles. The monoisotopic (exact) mass is 507 g/mol. The number of likely N-dealkylation sites (tertiary alicyclic amines) is 2. The van der Waals surface area contributed by atoms with Crippen LogP contribution in [0.5, 0.6) is 0 Å². The van der Waals surface area contributed by atoms with Crippen molar-refractivity contribution in [3.8, 4) is 6.07 Å². The van der Waals surface area contributed by atoms with Crippen molar-refractivity contribution in [1.82, 2.24) is 9.80 Å². The summed E-state index contributed by atoms with van der Waals surface area (Å²) in [4.78, 5) is 30.4. The zero-order valence-corrected chi connectivity index (χ0v) is 21.5. The summed E-state index contributed by atoms with van der Waals surface area (Å²) in [5.41, 5.74) is 4.64. The lowest BCUT2D eigenvalue weighted by Gasteiger charge is -2.25. The van der Waals surface area contributed by atoms with E-state index in [4.69, 9.17) is 5.26 Å². The summed E-state index contributed by atoms with van der Waals surface area (Å²) in [5.74, 6) is -0.168. The summed E-state index contributed by atoms with van der Waals surface area (Å²) < 4.78 is 0.